The number of sulfonamides is 1. The summed E-state index contributed by atoms with van der Waals surface area (Å²) in [7, 11) is -3.33. The van der Waals surface area contributed by atoms with Crippen molar-refractivity contribution in [2.75, 3.05) is 25.9 Å². The van der Waals surface area contributed by atoms with E-state index < -0.39 is 10.0 Å². The van der Waals surface area contributed by atoms with E-state index in [1.807, 2.05) is 13.1 Å². The van der Waals surface area contributed by atoms with Crippen molar-refractivity contribution in [1.29, 1.82) is 0 Å². The number of aryl methyl sites for hydroxylation is 1. The smallest absolute Gasteiger partial charge is 0.237 e. The lowest BCUT2D eigenvalue weighted by Gasteiger charge is -2.33. The van der Waals surface area contributed by atoms with Crippen LogP contribution in [0.5, 0.6) is 0 Å². The topological polar surface area (TPSA) is 84.3 Å². The molecule has 0 unspecified atom stereocenters. The maximum Gasteiger partial charge on any atom is 0.237 e. The summed E-state index contributed by atoms with van der Waals surface area (Å²) in [5.41, 5.74) is 0. The normalized spacial score (nSPS) is 19.7. The van der Waals surface area contributed by atoms with Gasteiger partial charge in [0.1, 0.15) is 5.82 Å². The molecular formula is C13H22N4O3S. The number of likely N-dealkylation sites (tertiary alicyclic amines) is 1. The van der Waals surface area contributed by atoms with E-state index in [0.29, 0.717) is 19.0 Å². The number of nitrogens with zero attached hydrogens (tertiary/aromatic N) is 3. The minimum Gasteiger partial charge on any atom is -0.341 e. The van der Waals surface area contributed by atoms with Gasteiger partial charge in [0.05, 0.1) is 12.8 Å². The molecule has 1 aromatic rings. The molecule has 1 aliphatic rings. The quantitative estimate of drug-likeness (QED) is 0.828. The molecule has 1 fully saturated rings. The third-order valence-electron chi connectivity index (χ3n) is 3.74. The number of hydrogen-bond acceptors (Lipinski definition) is 4. The molecule has 0 spiro atoms. The van der Waals surface area contributed by atoms with Crippen LogP contribution in [0.15, 0.2) is 12.4 Å². The molecule has 2 heterocycles. The van der Waals surface area contributed by atoms with Crippen molar-refractivity contribution in [3.63, 3.8) is 0 Å². The Labute approximate surface area is 125 Å². The van der Waals surface area contributed by atoms with E-state index in [9.17, 15) is 13.2 Å². The van der Waals surface area contributed by atoms with Crippen molar-refractivity contribution in [3.05, 3.63) is 18.2 Å². The molecule has 7 nitrogen and oxygen atoms in total. The third-order valence-corrected chi connectivity index (χ3v) is 4.40. The van der Waals surface area contributed by atoms with Gasteiger partial charge in [-0.1, -0.05) is 0 Å². The van der Waals surface area contributed by atoms with Crippen LogP contribution in [0, 0.1) is 12.8 Å². The number of nitrogens with one attached hydrogen (secondary N) is 1. The first-order valence-electron chi connectivity index (χ1n) is 7.05. The summed E-state index contributed by atoms with van der Waals surface area (Å²) in [6.07, 6.45) is 6.80. The van der Waals surface area contributed by atoms with Crippen LogP contribution in [0.4, 0.5) is 0 Å². The van der Waals surface area contributed by atoms with Gasteiger partial charge in [-0.2, -0.15) is 0 Å². The van der Waals surface area contributed by atoms with E-state index >= 15 is 0 Å². The number of hydrogen-bond donors (Lipinski definition) is 1. The van der Waals surface area contributed by atoms with Crippen LogP contribution < -0.4 is 4.72 Å². The highest BCUT2D eigenvalue weighted by atomic mass is 32.2. The van der Waals surface area contributed by atoms with Crippen molar-refractivity contribution in [2.24, 2.45) is 5.92 Å². The summed E-state index contributed by atoms with van der Waals surface area (Å²) in [4.78, 5) is 18.0. The Morgan fingerprint density at radius 1 is 1.52 bits per heavy atom. The monoisotopic (exact) mass is 314 g/mol. The third kappa shape index (κ3) is 4.82. The zero-order chi connectivity index (χ0) is 15.5. The molecule has 0 radical (unpaired) electrons. The molecule has 1 aromatic heterocycles. The van der Waals surface area contributed by atoms with Gasteiger partial charge in [0.25, 0.3) is 0 Å². The fourth-order valence-corrected chi connectivity index (χ4v) is 3.01. The molecule has 8 heteroatoms. The lowest BCUT2D eigenvalue weighted by molar-refractivity contribution is -0.131. The number of aromatic nitrogens is 2. The summed E-state index contributed by atoms with van der Waals surface area (Å²) < 4.78 is 26.4. The minimum atomic E-state index is -3.33. The molecule has 1 atom stereocenters. The van der Waals surface area contributed by atoms with Crippen molar-refractivity contribution in [1.82, 2.24) is 19.2 Å². The molecule has 1 aliphatic heterocycles. The van der Waals surface area contributed by atoms with E-state index in [-0.39, 0.29) is 12.5 Å². The number of carbonyl (C=O) groups excluding carboxylic acids is 1. The standard InChI is InChI=1S/C13H22N4O3S/c1-11-14-5-7-16(11)9-12-4-3-6-17(10-12)13(18)8-15-21(2,19)20/h5,7,12,15H,3-4,6,8-10H2,1-2H3/t12-/m1/s1. The van der Waals surface area contributed by atoms with Gasteiger partial charge in [-0.3, -0.25) is 4.79 Å². The lowest BCUT2D eigenvalue weighted by Crippen LogP contribution is -2.45. The average Bonchev–Trinajstić information content (AvgIpc) is 2.81. The summed E-state index contributed by atoms with van der Waals surface area (Å²) in [6.45, 7) is 4.01. The Morgan fingerprint density at radius 3 is 2.90 bits per heavy atom. The minimum absolute atomic E-state index is 0.157. The van der Waals surface area contributed by atoms with Crippen LogP contribution in [0.1, 0.15) is 18.7 Å². The van der Waals surface area contributed by atoms with Crippen LogP contribution in [-0.2, 0) is 21.4 Å². The van der Waals surface area contributed by atoms with Crippen LogP contribution in [0.3, 0.4) is 0 Å². The molecule has 0 bridgehead atoms. The van der Waals surface area contributed by atoms with Crippen LogP contribution in [-0.4, -0.2) is 54.7 Å². The summed E-state index contributed by atoms with van der Waals surface area (Å²) in [5.74, 6) is 1.19. The van der Waals surface area contributed by atoms with Crippen LogP contribution in [0.2, 0.25) is 0 Å². The Hall–Kier alpha value is -1.41. The fourth-order valence-electron chi connectivity index (χ4n) is 2.62. The van der Waals surface area contributed by atoms with Gasteiger partial charge >= 0.3 is 0 Å². The largest absolute Gasteiger partial charge is 0.341 e. The maximum atomic E-state index is 12.0. The first kappa shape index (κ1) is 16.0. The Balaban J connectivity index is 1.88. The molecule has 0 aromatic carbocycles. The Bertz CT molecular complexity index is 596. The molecule has 1 amide bonds. The van der Waals surface area contributed by atoms with Gasteiger partial charge in [0.2, 0.25) is 15.9 Å². The van der Waals surface area contributed by atoms with Gasteiger partial charge in [-0.25, -0.2) is 18.1 Å². The number of rotatable bonds is 5. The average molecular weight is 314 g/mol. The first-order valence-corrected chi connectivity index (χ1v) is 8.94. The highest BCUT2D eigenvalue weighted by Crippen LogP contribution is 2.19. The maximum absolute atomic E-state index is 12.0. The molecule has 0 saturated carbocycles. The second-order valence-corrected chi connectivity index (χ2v) is 7.40. The predicted octanol–water partition coefficient (Wildman–Crippen LogP) is -0.0207. The number of piperidine rings is 1. The second kappa shape index (κ2) is 6.57. The van der Waals surface area contributed by atoms with Crippen LogP contribution >= 0.6 is 0 Å². The zero-order valence-corrected chi connectivity index (χ0v) is 13.3. The molecule has 2 rings (SSSR count). The molecule has 21 heavy (non-hydrogen) atoms. The highest BCUT2D eigenvalue weighted by Gasteiger charge is 2.24. The van der Waals surface area contributed by atoms with Crippen molar-refractivity contribution < 1.29 is 13.2 Å². The van der Waals surface area contributed by atoms with Gasteiger partial charge in [0, 0.05) is 32.0 Å². The molecule has 1 saturated heterocycles. The second-order valence-electron chi connectivity index (χ2n) is 5.57. The van der Waals surface area contributed by atoms with Gasteiger partial charge in [-0.15, -0.1) is 0 Å². The van der Waals surface area contributed by atoms with E-state index in [1.54, 1.807) is 11.1 Å². The van der Waals surface area contributed by atoms with Crippen molar-refractivity contribution in [3.8, 4) is 0 Å². The lowest BCUT2D eigenvalue weighted by atomic mass is 9.98. The highest BCUT2D eigenvalue weighted by molar-refractivity contribution is 7.88. The predicted molar refractivity (Wildman–Crippen MR) is 79.1 cm³/mol. The van der Waals surface area contributed by atoms with Crippen molar-refractivity contribution >= 4 is 15.9 Å². The Morgan fingerprint density at radius 2 is 2.29 bits per heavy atom. The molecule has 1 N–H and O–H groups in total. The number of amides is 1. The Kier molecular flexibility index (Phi) is 5.00. The summed E-state index contributed by atoms with van der Waals surface area (Å²) >= 11 is 0. The van der Waals surface area contributed by atoms with Gasteiger partial charge in [-0.05, 0) is 25.7 Å². The van der Waals surface area contributed by atoms with E-state index in [0.717, 1.165) is 31.5 Å². The number of carbonyl (C=O) groups is 1. The SMILES string of the molecule is Cc1nccn1C[C@H]1CCCN(C(=O)CNS(C)(=O)=O)C1. The zero-order valence-electron chi connectivity index (χ0n) is 12.4. The fraction of sp³-hybridized carbons (Fsp3) is 0.692. The summed E-state index contributed by atoms with van der Waals surface area (Å²) in [6, 6.07) is 0. The molecule has 0 aliphatic carbocycles. The van der Waals surface area contributed by atoms with Crippen molar-refractivity contribution in [2.45, 2.75) is 26.3 Å². The van der Waals surface area contributed by atoms with Gasteiger partial charge in [0.15, 0.2) is 0 Å². The van der Waals surface area contributed by atoms with E-state index in [4.69, 9.17) is 0 Å². The van der Waals surface area contributed by atoms with Crippen LogP contribution in [0.25, 0.3) is 0 Å². The first-order chi connectivity index (χ1) is 9.85. The molecular weight excluding hydrogens is 292 g/mol. The molecule has 118 valence electrons. The number of imidazole rings is 1. The van der Waals surface area contributed by atoms with Gasteiger partial charge < -0.3 is 9.47 Å². The van der Waals surface area contributed by atoms with E-state index in [2.05, 4.69) is 14.3 Å². The summed E-state index contributed by atoms with van der Waals surface area (Å²) in [5, 5.41) is 0. The van der Waals surface area contributed by atoms with E-state index in [1.165, 1.54) is 0 Å².